The highest BCUT2D eigenvalue weighted by Gasteiger charge is 2.21. The predicted octanol–water partition coefficient (Wildman–Crippen LogP) is 4.60. The fraction of sp³-hybridized carbons (Fsp3) is 0.118. The van der Waals surface area contributed by atoms with E-state index in [1.54, 1.807) is 6.07 Å². The first-order valence-corrected chi connectivity index (χ1v) is 7.59. The second-order valence-corrected chi connectivity index (χ2v) is 5.92. The molecule has 0 unspecified atom stereocenters. The number of phenols is 2. The molecule has 0 aliphatic rings. The van der Waals surface area contributed by atoms with Gasteiger partial charge in [0.15, 0.2) is 5.75 Å². The molecule has 8 heteroatoms. The number of pyridine rings is 1. The highest BCUT2D eigenvalue weighted by Crippen LogP contribution is 2.41. The minimum atomic E-state index is -0.779. The van der Waals surface area contributed by atoms with E-state index in [2.05, 4.69) is 4.98 Å². The zero-order valence-corrected chi connectivity index (χ0v) is 14.0. The summed E-state index contributed by atoms with van der Waals surface area (Å²) in [4.78, 5) is 14.4. The molecule has 0 fully saturated rings. The average Bonchev–Trinajstić information content (AvgIpc) is 2.98. The van der Waals surface area contributed by atoms with E-state index in [9.17, 15) is 20.3 Å². The number of aromatic nitrogens is 1. The Kier molecular flexibility index (Phi) is 4.10. The Labute approximate surface area is 147 Å². The number of hydrogen-bond donors (Lipinski definition) is 2. The number of hydrogen-bond acceptors (Lipinski definition) is 6. The maximum Gasteiger partial charge on any atom is 0.315 e. The number of phenolic OH excluding ortho intramolecular Hbond substituents is 2. The molecule has 0 aliphatic carbocycles. The summed E-state index contributed by atoms with van der Waals surface area (Å²) in [6.45, 7) is 3.70. The van der Waals surface area contributed by atoms with Crippen molar-refractivity contribution in [1.82, 2.24) is 4.98 Å². The van der Waals surface area contributed by atoms with Gasteiger partial charge in [-0.05, 0) is 43.2 Å². The summed E-state index contributed by atoms with van der Waals surface area (Å²) in [5, 5.41) is 30.6. The van der Waals surface area contributed by atoms with Gasteiger partial charge in [0, 0.05) is 17.3 Å². The maximum absolute atomic E-state index is 11.0. The molecule has 0 radical (unpaired) electrons. The summed E-state index contributed by atoms with van der Waals surface area (Å²) >= 11 is 6.20. The van der Waals surface area contributed by atoms with Gasteiger partial charge in [-0.25, -0.2) is 4.98 Å². The lowest BCUT2D eigenvalue weighted by molar-refractivity contribution is -0.385. The van der Waals surface area contributed by atoms with Gasteiger partial charge < -0.3 is 14.6 Å². The van der Waals surface area contributed by atoms with Crippen molar-refractivity contribution < 1.29 is 19.6 Å². The Bertz CT molecular complexity index is 974. The van der Waals surface area contributed by atoms with Crippen molar-refractivity contribution in [3.8, 4) is 33.9 Å². The van der Waals surface area contributed by atoms with E-state index in [4.69, 9.17) is 16.0 Å². The first kappa shape index (κ1) is 16.8. The van der Waals surface area contributed by atoms with Gasteiger partial charge in [-0.1, -0.05) is 11.6 Å². The Morgan fingerprint density at radius 3 is 2.52 bits per heavy atom. The number of halogens is 1. The van der Waals surface area contributed by atoms with Crippen LogP contribution < -0.4 is 0 Å². The summed E-state index contributed by atoms with van der Waals surface area (Å²) in [5.41, 5.74) is 2.49. The van der Waals surface area contributed by atoms with E-state index in [0.717, 1.165) is 17.3 Å². The van der Waals surface area contributed by atoms with Gasteiger partial charge in [-0.2, -0.15) is 0 Å². The van der Waals surface area contributed by atoms with Crippen molar-refractivity contribution in [2.24, 2.45) is 0 Å². The third kappa shape index (κ3) is 3.01. The van der Waals surface area contributed by atoms with Crippen LogP contribution in [0.4, 0.5) is 5.69 Å². The number of benzene rings is 1. The van der Waals surface area contributed by atoms with E-state index in [1.807, 2.05) is 19.9 Å². The first-order chi connectivity index (χ1) is 11.8. The van der Waals surface area contributed by atoms with Gasteiger partial charge in [-0.3, -0.25) is 10.1 Å². The van der Waals surface area contributed by atoms with Crippen LogP contribution in [0.1, 0.15) is 11.3 Å². The first-order valence-electron chi connectivity index (χ1n) is 7.21. The Hall–Kier alpha value is -3.06. The molecule has 0 atom stereocenters. The van der Waals surface area contributed by atoms with Crippen LogP contribution in [0.5, 0.6) is 11.5 Å². The van der Waals surface area contributed by atoms with Crippen molar-refractivity contribution in [2.45, 2.75) is 13.8 Å². The normalized spacial score (nSPS) is 10.8. The standard InChI is InChI=1S/C17H13ClN2O5/c1-8-3-9(2)19-17(18)15(8)14-6-11(7-25-14)10-4-12(20(23)24)16(22)13(21)5-10/h3-7,21-22H,1-2H3. The molecular weight excluding hydrogens is 348 g/mol. The molecule has 3 rings (SSSR count). The molecule has 3 aromatic rings. The van der Waals surface area contributed by atoms with Crippen LogP contribution in [-0.4, -0.2) is 20.1 Å². The lowest BCUT2D eigenvalue weighted by Crippen LogP contribution is -1.90. The molecule has 0 amide bonds. The largest absolute Gasteiger partial charge is 0.504 e. The zero-order chi connectivity index (χ0) is 18.3. The van der Waals surface area contributed by atoms with Crippen LogP contribution in [0.3, 0.4) is 0 Å². The Morgan fingerprint density at radius 1 is 1.16 bits per heavy atom. The van der Waals surface area contributed by atoms with E-state index >= 15 is 0 Å². The highest BCUT2D eigenvalue weighted by atomic mass is 35.5. The van der Waals surface area contributed by atoms with Crippen LogP contribution in [0.2, 0.25) is 5.15 Å². The van der Waals surface area contributed by atoms with Crippen molar-refractivity contribution in [3.63, 3.8) is 0 Å². The van der Waals surface area contributed by atoms with Crippen LogP contribution in [0.25, 0.3) is 22.5 Å². The van der Waals surface area contributed by atoms with Gasteiger partial charge in [-0.15, -0.1) is 0 Å². The number of nitro groups is 1. The highest BCUT2D eigenvalue weighted by molar-refractivity contribution is 6.32. The van der Waals surface area contributed by atoms with Gasteiger partial charge in [0.05, 0.1) is 16.7 Å². The summed E-state index contributed by atoms with van der Waals surface area (Å²) in [7, 11) is 0. The fourth-order valence-electron chi connectivity index (χ4n) is 2.62. The van der Waals surface area contributed by atoms with Crippen molar-refractivity contribution >= 4 is 17.3 Å². The topological polar surface area (TPSA) is 110 Å². The second-order valence-electron chi connectivity index (χ2n) is 5.57. The monoisotopic (exact) mass is 360 g/mol. The lowest BCUT2D eigenvalue weighted by atomic mass is 10.0. The average molecular weight is 361 g/mol. The smallest absolute Gasteiger partial charge is 0.315 e. The number of furan rings is 1. The second kappa shape index (κ2) is 6.10. The SMILES string of the molecule is Cc1cc(C)c(-c2cc(-c3cc(O)c(O)c([N+](=O)[O-])c3)co2)c(Cl)n1. The summed E-state index contributed by atoms with van der Waals surface area (Å²) in [6, 6.07) is 5.88. The van der Waals surface area contributed by atoms with E-state index < -0.39 is 22.1 Å². The number of aromatic hydroxyl groups is 2. The molecule has 2 aromatic heterocycles. The molecule has 0 bridgehead atoms. The molecule has 0 spiro atoms. The van der Waals surface area contributed by atoms with Gasteiger partial charge >= 0.3 is 5.69 Å². The predicted molar refractivity (Wildman–Crippen MR) is 91.8 cm³/mol. The fourth-order valence-corrected chi connectivity index (χ4v) is 2.99. The summed E-state index contributed by atoms with van der Waals surface area (Å²) < 4.78 is 5.54. The maximum atomic E-state index is 11.0. The Balaban J connectivity index is 2.11. The van der Waals surface area contributed by atoms with Gasteiger partial charge in [0.2, 0.25) is 5.75 Å². The molecule has 0 aliphatic heterocycles. The molecule has 1 aromatic carbocycles. The molecule has 2 N–H and O–H groups in total. The van der Waals surface area contributed by atoms with Crippen LogP contribution in [0, 0.1) is 24.0 Å². The molecule has 128 valence electrons. The third-order valence-electron chi connectivity index (χ3n) is 3.75. The number of aryl methyl sites for hydroxylation is 2. The van der Waals surface area contributed by atoms with Crippen LogP contribution in [-0.2, 0) is 0 Å². The molecule has 7 nitrogen and oxygen atoms in total. The van der Waals surface area contributed by atoms with Crippen molar-refractivity contribution in [2.75, 3.05) is 0 Å². The minimum absolute atomic E-state index is 0.290. The quantitative estimate of drug-likeness (QED) is 0.306. The molecular formula is C17H13ClN2O5. The minimum Gasteiger partial charge on any atom is -0.504 e. The number of rotatable bonds is 3. The zero-order valence-electron chi connectivity index (χ0n) is 13.3. The van der Waals surface area contributed by atoms with Gasteiger partial charge in [0.1, 0.15) is 10.9 Å². The molecule has 25 heavy (non-hydrogen) atoms. The summed E-state index contributed by atoms with van der Waals surface area (Å²) in [5.74, 6) is -0.919. The van der Waals surface area contributed by atoms with Crippen LogP contribution in [0.15, 0.2) is 34.9 Å². The van der Waals surface area contributed by atoms with E-state index in [0.29, 0.717) is 22.5 Å². The molecule has 0 saturated heterocycles. The van der Waals surface area contributed by atoms with Gasteiger partial charge in [0.25, 0.3) is 0 Å². The summed E-state index contributed by atoms with van der Waals surface area (Å²) in [6.07, 6.45) is 1.39. The number of nitro benzene ring substituents is 1. The van der Waals surface area contributed by atoms with E-state index in [-0.39, 0.29) is 5.15 Å². The number of nitrogens with zero attached hydrogens (tertiary/aromatic N) is 2. The molecule has 0 saturated carbocycles. The van der Waals surface area contributed by atoms with Crippen molar-refractivity contribution in [3.05, 3.63) is 57.1 Å². The Morgan fingerprint density at radius 2 is 1.88 bits per heavy atom. The van der Waals surface area contributed by atoms with Crippen molar-refractivity contribution in [1.29, 1.82) is 0 Å². The third-order valence-corrected chi connectivity index (χ3v) is 4.02. The van der Waals surface area contributed by atoms with Crippen LogP contribution >= 0.6 is 11.6 Å². The van der Waals surface area contributed by atoms with E-state index in [1.165, 1.54) is 12.3 Å². The molecule has 2 heterocycles. The lowest BCUT2D eigenvalue weighted by Gasteiger charge is -2.06.